The van der Waals surface area contributed by atoms with Crippen molar-refractivity contribution in [2.45, 2.75) is 20.3 Å². The third-order valence-electron chi connectivity index (χ3n) is 3.93. The van der Waals surface area contributed by atoms with Crippen LogP contribution in [0.25, 0.3) is 0 Å². The van der Waals surface area contributed by atoms with Crippen LogP contribution in [0.2, 0.25) is 0 Å². The van der Waals surface area contributed by atoms with Crippen molar-refractivity contribution in [1.29, 1.82) is 0 Å². The van der Waals surface area contributed by atoms with E-state index in [1.54, 1.807) is 0 Å². The van der Waals surface area contributed by atoms with E-state index in [9.17, 15) is 0 Å². The number of rotatable bonds is 4. The minimum absolute atomic E-state index is 0.735. The molecule has 0 aliphatic carbocycles. The second-order valence-electron chi connectivity index (χ2n) is 5.43. The van der Waals surface area contributed by atoms with Gasteiger partial charge in [-0.3, -0.25) is 0 Å². The summed E-state index contributed by atoms with van der Waals surface area (Å²) < 4.78 is 5.38. The van der Waals surface area contributed by atoms with Crippen LogP contribution in [0.5, 0.6) is 0 Å². The van der Waals surface area contributed by atoms with Crippen LogP contribution in [0.3, 0.4) is 0 Å². The molecule has 1 saturated heterocycles. The van der Waals surface area contributed by atoms with Crippen molar-refractivity contribution < 1.29 is 4.74 Å². The average Bonchev–Trinajstić information content (AvgIpc) is 2.58. The number of nitrogens with zero attached hydrogens (tertiary/aromatic N) is 3. The molecular weight excluding hydrogens is 276 g/mol. The molecule has 2 heterocycles. The molecule has 1 aliphatic rings. The van der Waals surface area contributed by atoms with E-state index in [-0.39, 0.29) is 0 Å². The zero-order valence-electron chi connectivity index (χ0n) is 13.2. The number of benzene rings is 1. The van der Waals surface area contributed by atoms with E-state index in [2.05, 4.69) is 52.2 Å². The Morgan fingerprint density at radius 2 is 2.05 bits per heavy atom. The Morgan fingerprint density at radius 1 is 1.23 bits per heavy atom. The summed E-state index contributed by atoms with van der Waals surface area (Å²) in [7, 11) is 0. The number of hydrogen-bond donors (Lipinski definition) is 1. The molecule has 1 N–H and O–H groups in total. The highest BCUT2D eigenvalue weighted by molar-refractivity contribution is 5.65. The lowest BCUT2D eigenvalue weighted by Crippen LogP contribution is -2.37. The lowest BCUT2D eigenvalue weighted by atomic mass is 10.1. The number of para-hydroxylation sites is 1. The first kappa shape index (κ1) is 14.8. The van der Waals surface area contributed by atoms with E-state index in [0.29, 0.717) is 0 Å². The van der Waals surface area contributed by atoms with Gasteiger partial charge in [0, 0.05) is 25.0 Å². The van der Waals surface area contributed by atoms with Crippen molar-refractivity contribution in [3.05, 3.63) is 41.6 Å². The summed E-state index contributed by atoms with van der Waals surface area (Å²) in [5.74, 6) is 1.60. The van der Waals surface area contributed by atoms with Crippen molar-refractivity contribution in [3.8, 4) is 0 Å². The van der Waals surface area contributed by atoms with E-state index in [1.807, 2.05) is 12.3 Å². The van der Waals surface area contributed by atoms with E-state index >= 15 is 0 Å². The molecule has 0 radical (unpaired) electrons. The molecule has 0 unspecified atom stereocenters. The zero-order valence-corrected chi connectivity index (χ0v) is 13.2. The van der Waals surface area contributed by atoms with Gasteiger partial charge in [0.15, 0.2) is 0 Å². The van der Waals surface area contributed by atoms with Crippen molar-refractivity contribution in [2.24, 2.45) is 0 Å². The van der Waals surface area contributed by atoms with Gasteiger partial charge in [-0.2, -0.15) is 4.98 Å². The second kappa shape index (κ2) is 6.75. The molecule has 1 fully saturated rings. The van der Waals surface area contributed by atoms with Crippen LogP contribution in [-0.2, 0) is 11.2 Å². The quantitative estimate of drug-likeness (QED) is 0.940. The highest BCUT2D eigenvalue weighted by Crippen LogP contribution is 2.25. The van der Waals surface area contributed by atoms with Crippen molar-refractivity contribution in [2.75, 3.05) is 36.5 Å². The molecule has 2 aromatic rings. The number of nitrogens with one attached hydrogen (secondary N) is 1. The minimum atomic E-state index is 0.735. The second-order valence-corrected chi connectivity index (χ2v) is 5.43. The monoisotopic (exact) mass is 298 g/mol. The van der Waals surface area contributed by atoms with Gasteiger partial charge in [-0.05, 0) is 30.5 Å². The highest BCUT2D eigenvalue weighted by atomic mass is 16.5. The molecule has 1 aromatic heterocycles. The predicted octanol–water partition coefficient (Wildman–Crippen LogP) is 2.93. The van der Waals surface area contributed by atoms with Gasteiger partial charge in [-0.15, -0.1) is 0 Å². The standard InChI is InChI=1S/C17H22N4O/c1-3-14-6-4-5-13(2)16(14)19-15-7-8-18-17(20-15)21-9-11-22-12-10-21/h4-8H,3,9-12H2,1-2H3,(H,18,19,20). The normalized spacial score (nSPS) is 14.9. The van der Waals surface area contributed by atoms with E-state index in [1.165, 1.54) is 11.1 Å². The Labute approximate surface area is 131 Å². The lowest BCUT2D eigenvalue weighted by Gasteiger charge is -2.27. The SMILES string of the molecule is CCc1cccc(C)c1Nc1ccnc(N2CCOCC2)n1. The number of aryl methyl sites for hydroxylation is 2. The first-order chi connectivity index (χ1) is 10.8. The van der Waals surface area contributed by atoms with Crippen LogP contribution in [0.15, 0.2) is 30.5 Å². The molecule has 5 heteroatoms. The van der Waals surface area contributed by atoms with Crippen LogP contribution in [-0.4, -0.2) is 36.3 Å². The van der Waals surface area contributed by atoms with Crippen LogP contribution in [0.1, 0.15) is 18.1 Å². The first-order valence-electron chi connectivity index (χ1n) is 7.79. The molecule has 3 rings (SSSR count). The fourth-order valence-corrected chi connectivity index (χ4v) is 2.66. The summed E-state index contributed by atoms with van der Waals surface area (Å²) in [6.45, 7) is 7.43. The van der Waals surface area contributed by atoms with E-state index in [0.717, 1.165) is 50.2 Å². The van der Waals surface area contributed by atoms with E-state index < -0.39 is 0 Å². The van der Waals surface area contributed by atoms with Gasteiger partial charge in [0.25, 0.3) is 0 Å². The van der Waals surface area contributed by atoms with Crippen LogP contribution < -0.4 is 10.2 Å². The topological polar surface area (TPSA) is 50.3 Å². The Balaban J connectivity index is 1.84. The smallest absolute Gasteiger partial charge is 0.227 e. The maximum atomic E-state index is 5.38. The largest absolute Gasteiger partial charge is 0.378 e. The average molecular weight is 298 g/mol. The van der Waals surface area contributed by atoms with Crippen LogP contribution in [0.4, 0.5) is 17.5 Å². The summed E-state index contributed by atoms with van der Waals surface area (Å²) in [5.41, 5.74) is 3.68. The van der Waals surface area contributed by atoms with Crippen LogP contribution in [0, 0.1) is 6.92 Å². The number of anilines is 3. The molecule has 0 spiro atoms. The molecule has 5 nitrogen and oxygen atoms in total. The molecule has 0 atom stereocenters. The fourth-order valence-electron chi connectivity index (χ4n) is 2.66. The molecule has 116 valence electrons. The maximum Gasteiger partial charge on any atom is 0.227 e. The fraction of sp³-hybridized carbons (Fsp3) is 0.412. The van der Waals surface area contributed by atoms with Gasteiger partial charge in [0.1, 0.15) is 5.82 Å². The number of morpholine rings is 1. The Hall–Kier alpha value is -2.14. The molecule has 1 aromatic carbocycles. The molecule has 0 saturated carbocycles. The summed E-state index contributed by atoms with van der Waals surface area (Å²) in [6.07, 6.45) is 2.80. The van der Waals surface area contributed by atoms with Gasteiger partial charge in [-0.25, -0.2) is 4.98 Å². The maximum absolute atomic E-state index is 5.38. The van der Waals surface area contributed by atoms with Crippen LogP contribution >= 0.6 is 0 Å². The Morgan fingerprint density at radius 3 is 2.82 bits per heavy atom. The van der Waals surface area contributed by atoms with Gasteiger partial charge < -0.3 is 15.0 Å². The van der Waals surface area contributed by atoms with Gasteiger partial charge in [0.05, 0.1) is 13.2 Å². The summed E-state index contributed by atoms with van der Waals surface area (Å²) in [4.78, 5) is 11.2. The number of hydrogen-bond acceptors (Lipinski definition) is 5. The van der Waals surface area contributed by atoms with E-state index in [4.69, 9.17) is 4.74 Å². The molecule has 0 amide bonds. The van der Waals surface area contributed by atoms with Crippen molar-refractivity contribution >= 4 is 17.5 Å². The highest BCUT2D eigenvalue weighted by Gasteiger charge is 2.14. The summed E-state index contributed by atoms with van der Waals surface area (Å²) in [5, 5.41) is 3.46. The molecular formula is C17H22N4O. The first-order valence-corrected chi connectivity index (χ1v) is 7.79. The molecule has 22 heavy (non-hydrogen) atoms. The van der Waals surface area contributed by atoms with Crippen molar-refractivity contribution in [1.82, 2.24) is 9.97 Å². The summed E-state index contributed by atoms with van der Waals surface area (Å²) in [6, 6.07) is 8.28. The predicted molar refractivity (Wildman–Crippen MR) is 88.9 cm³/mol. The van der Waals surface area contributed by atoms with Crippen molar-refractivity contribution in [3.63, 3.8) is 0 Å². The number of aromatic nitrogens is 2. The number of ether oxygens (including phenoxy) is 1. The van der Waals surface area contributed by atoms with Gasteiger partial charge >= 0.3 is 0 Å². The minimum Gasteiger partial charge on any atom is -0.378 e. The van der Waals surface area contributed by atoms with Gasteiger partial charge in [-0.1, -0.05) is 25.1 Å². The third-order valence-corrected chi connectivity index (χ3v) is 3.93. The Kier molecular flexibility index (Phi) is 4.53. The molecule has 0 bridgehead atoms. The Bertz CT molecular complexity index is 638. The third kappa shape index (κ3) is 3.20. The lowest BCUT2D eigenvalue weighted by molar-refractivity contribution is 0.122. The zero-order chi connectivity index (χ0) is 15.4. The molecule has 1 aliphatic heterocycles. The summed E-state index contributed by atoms with van der Waals surface area (Å²) >= 11 is 0. The van der Waals surface area contributed by atoms with Gasteiger partial charge in [0.2, 0.25) is 5.95 Å².